The molecule has 0 amide bonds. The quantitative estimate of drug-likeness (QED) is 0.601. The Morgan fingerprint density at radius 3 is 2.60 bits per heavy atom. The lowest BCUT2D eigenvalue weighted by Crippen LogP contribution is -2.01. The molecule has 0 atom stereocenters. The Kier molecular flexibility index (Phi) is 5.30. The second-order valence-electron chi connectivity index (χ2n) is 4.37. The van der Waals surface area contributed by atoms with E-state index >= 15 is 0 Å². The normalized spacial score (nSPS) is 10.7. The summed E-state index contributed by atoms with van der Waals surface area (Å²) in [7, 11) is 0. The first-order chi connectivity index (χ1) is 9.51. The lowest BCUT2D eigenvalue weighted by molar-refractivity contribution is 0.302. The standard InChI is InChI=1S/C15H12BrCl2FO/c1-9-2-3-13(19)5-11(9)8-20-15-10(7-16)4-12(17)6-14(15)18/h2-6H,7-8H2,1H3. The van der Waals surface area contributed by atoms with Gasteiger partial charge in [-0.1, -0.05) is 45.2 Å². The Balaban J connectivity index is 2.25. The fourth-order valence-electron chi connectivity index (χ4n) is 1.82. The topological polar surface area (TPSA) is 9.23 Å². The first-order valence-corrected chi connectivity index (χ1v) is 7.80. The minimum absolute atomic E-state index is 0.255. The number of benzene rings is 2. The molecule has 0 fully saturated rings. The van der Waals surface area contributed by atoms with E-state index in [-0.39, 0.29) is 12.4 Å². The fourth-order valence-corrected chi connectivity index (χ4v) is 2.83. The molecular formula is C15H12BrCl2FO. The molecule has 0 heterocycles. The molecule has 0 saturated carbocycles. The van der Waals surface area contributed by atoms with Gasteiger partial charge < -0.3 is 4.74 Å². The van der Waals surface area contributed by atoms with Crippen LogP contribution >= 0.6 is 39.1 Å². The zero-order valence-electron chi connectivity index (χ0n) is 10.7. The van der Waals surface area contributed by atoms with Crippen LogP contribution in [0.2, 0.25) is 10.0 Å². The minimum Gasteiger partial charge on any atom is -0.487 e. The molecule has 20 heavy (non-hydrogen) atoms. The van der Waals surface area contributed by atoms with Crippen molar-refractivity contribution in [1.82, 2.24) is 0 Å². The number of alkyl halides is 1. The molecule has 5 heteroatoms. The Hall–Kier alpha value is -0.770. The Morgan fingerprint density at radius 2 is 1.90 bits per heavy atom. The van der Waals surface area contributed by atoms with Crippen LogP contribution in [0.4, 0.5) is 4.39 Å². The smallest absolute Gasteiger partial charge is 0.142 e. The van der Waals surface area contributed by atoms with Crippen molar-refractivity contribution in [3.05, 3.63) is 62.9 Å². The van der Waals surface area contributed by atoms with E-state index in [0.717, 1.165) is 16.7 Å². The summed E-state index contributed by atoms with van der Waals surface area (Å²) in [5.74, 6) is 0.286. The largest absolute Gasteiger partial charge is 0.487 e. The molecule has 1 nitrogen and oxygen atoms in total. The molecule has 0 aliphatic carbocycles. The average Bonchev–Trinajstić information content (AvgIpc) is 2.40. The third-order valence-corrected chi connectivity index (χ3v) is 4.02. The number of rotatable bonds is 4. The van der Waals surface area contributed by atoms with Crippen LogP contribution in [-0.4, -0.2) is 0 Å². The van der Waals surface area contributed by atoms with Gasteiger partial charge in [-0.2, -0.15) is 0 Å². The predicted molar refractivity (Wildman–Crippen MR) is 84.6 cm³/mol. The maximum absolute atomic E-state index is 13.2. The van der Waals surface area contributed by atoms with E-state index in [4.69, 9.17) is 27.9 Å². The summed E-state index contributed by atoms with van der Waals surface area (Å²) in [5, 5.41) is 1.57. The summed E-state index contributed by atoms with van der Waals surface area (Å²) >= 11 is 15.5. The Morgan fingerprint density at radius 1 is 1.15 bits per heavy atom. The summed E-state index contributed by atoms with van der Waals surface area (Å²) in [5.41, 5.74) is 2.62. The van der Waals surface area contributed by atoms with E-state index in [1.165, 1.54) is 12.1 Å². The number of aryl methyl sites for hydroxylation is 1. The van der Waals surface area contributed by atoms with Gasteiger partial charge in [-0.15, -0.1) is 0 Å². The zero-order chi connectivity index (χ0) is 14.7. The molecule has 0 unspecified atom stereocenters. The molecule has 0 aromatic heterocycles. The summed E-state index contributed by atoms with van der Waals surface area (Å²) < 4.78 is 19.0. The van der Waals surface area contributed by atoms with Crippen molar-refractivity contribution in [2.24, 2.45) is 0 Å². The van der Waals surface area contributed by atoms with E-state index in [1.54, 1.807) is 18.2 Å². The van der Waals surface area contributed by atoms with Gasteiger partial charge >= 0.3 is 0 Å². The van der Waals surface area contributed by atoms with Crippen LogP contribution in [0.3, 0.4) is 0 Å². The van der Waals surface area contributed by atoms with Crippen molar-refractivity contribution in [1.29, 1.82) is 0 Å². The van der Waals surface area contributed by atoms with Crippen molar-refractivity contribution in [2.75, 3.05) is 0 Å². The summed E-state index contributed by atoms with van der Waals surface area (Å²) in [6, 6.07) is 8.03. The lowest BCUT2D eigenvalue weighted by Gasteiger charge is -2.14. The van der Waals surface area contributed by atoms with Crippen LogP contribution in [0, 0.1) is 12.7 Å². The van der Waals surface area contributed by atoms with Crippen molar-refractivity contribution in [3.63, 3.8) is 0 Å². The fraction of sp³-hybridized carbons (Fsp3) is 0.200. The van der Waals surface area contributed by atoms with Gasteiger partial charge in [0.25, 0.3) is 0 Å². The first-order valence-electron chi connectivity index (χ1n) is 5.93. The minimum atomic E-state index is -0.280. The number of ether oxygens (including phenoxy) is 1. The molecule has 2 aromatic rings. The van der Waals surface area contributed by atoms with Gasteiger partial charge in [0.1, 0.15) is 18.2 Å². The van der Waals surface area contributed by atoms with Gasteiger partial charge in [-0.3, -0.25) is 0 Å². The number of halogens is 4. The molecule has 0 aliphatic rings. The van der Waals surface area contributed by atoms with E-state index in [1.807, 2.05) is 6.92 Å². The molecule has 0 saturated heterocycles. The third kappa shape index (κ3) is 3.66. The first kappa shape index (κ1) is 15.6. The van der Waals surface area contributed by atoms with Crippen LogP contribution in [-0.2, 0) is 11.9 Å². The van der Waals surface area contributed by atoms with Gasteiger partial charge in [0, 0.05) is 15.9 Å². The zero-order valence-corrected chi connectivity index (χ0v) is 13.8. The van der Waals surface area contributed by atoms with Gasteiger partial charge in [-0.05, 0) is 42.3 Å². The van der Waals surface area contributed by atoms with Crippen molar-refractivity contribution in [2.45, 2.75) is 18.9 Å². The number of hydrogen-bond donors (Lipinski definition) is 0. The highest BCUT2D eigenvalue weighted by atomic mass is 79.9. The molecule has 0 aliphatic heterocycles. The average molecular weight is 378 g/mol. The lowest BCUT2D eigenvalue weighted by atomic mass is 10.1. The van der Waals surface area contributed by atoms with Gasteiger partial charge in [0.05, 0.1) is 5.02 Å². The molecule has 0 N–H and O–H groups in total. The van der Waals surface area contributed by atoms with E-state index in [9.17, 15) is 4.39 Å². The van der Waals surface area contributed by atoms with Crippen LogP contribution in [0.15, 0.2) is 30.3 Å². The van der Waals surface area contributed by atoms with Gasteiger partial charge in [-0.25, -0.2) is 4.39 Å². The van der Waals surface area contributed by atoms with Crippen LogP contribution in [0.5, 0.6) is 5.75 Å². The molecule has 2 aromatic carbocycles. The molecular weight excluding hydrogens is 366 g/mol. The van der Waals surface area contributed by atoms with E-state index in [2.05, 4.69) is 15.9 Å². The molecule has 0 spiro atoms. The summed E-state index contributed by atoms with van der Waals surface area (Å²) in [4.78, 5) is 0. The van der Waals surface area contributed by atoms with Gasteiger partial charge in [0.15, 0.2) is 0 Å². The van der Waals surface area contributed by atoms with Gasteiger partial charge in [0.2, 0.25) is 0 Å². The Labute approximate surface area is 135 Å². The predicted octanol–water partition coefficient (Wildman–Crippen LogP) is 5.91. The van der Waals surface area contributed by atoms with Crippen molar-refractivity contribution in [3.8, 4) is 5.75 Å². The maximum Gasteiger partial charge on any atom is 0.142 e. The Bertz CT molecular complexity index is 632. The monoisotopic (exact) mass is 376 g/mol. The van der Waals surface area contributed by atoms with Crippen molar-refractivity contribution < 1.29 is 9.13 Å². The highest BCUT2D eigenvalue weighted by Gasteiger charge is 2.11. The molecule has 0 radical (unpaired) electrons. The second kappa shape index (κ2) is 6.79. The van der Waals surface area contributed by atoms with E-state index in [0.29, 0.717) is 21.1 Å². The van der Waals surface area contributed by atoms with Crippen molar-refractivity contribution >= 4 is 39.1 Å². The highest BCUT2D eigenvalue weighted by Crippen LogP contribution is 2.34. The summed E-state index contributed by atoms with van der Waals surface area (Å²) in [6.07, 6.45) is 0. The molecule has 106 valence electrons. The second-order valence-corrected chi connectivity index (χ2v) is 5.77. The third-order valence-electron chi connectivity index (χ3n) is 2.91. The van der Waals surface area contributed by atoms with Crippen LogP contribution in [0.1, 0.15) is 16.7 Å². The SMILES string of the molecule is Cc1ccc(F)cc1COc1c(Cl)cc(Cl)cc1CBr. The maximum atomic E-state index is 13.2. The summed E-state index contributed by atoms with van der Waals surface area (Å²) in [6.45, 7) is 2.16. The number of hydrogen-bond acceptors (Lipinski definition) is 1. The highest BCUT2D eigenvalue weighted by molar-refractivity contribution is 9.08. The molecule has 0 bridgehead atoms. The van der Waals surface area contributed by atoms with Crippen LogP contribution < -0.4 is 4.74 Å². The van der Waals surface area contributed by atoms with E-state index < -0.39 is 0 Å². The van der Waals surface area contributed by atoms with Crippen LogP contribution in [0.25, 0.3) is 0 Å². The molecule has 2 rings (SSSR count).